The van der Waals surface area contributed by atoms with Gasteiger partial charge in [0.25, 0.3) is 0 Å². The number of carboxylic acids is 1. The molecule has 0 aromatic heterocycles. The molecular weight excluding hydrogens is 467 g/mol. The predicted molar refractivity (Wildman–Crippen MR) is 123 cm³/mol. The summed E-state index contributed by atoms with van der Waals surface area (Å²) in [5.41, 5.74) is 1.96. The van der Waals surface area contributed by atoms with E-state index in [0.717, 1.165) is 0 Å². The zero-order valence-electron chi connectivity index (χ0n) is 19.2. The fourth-order valence-corrected chi connectivity index (χ4v) is 3.41. The Hall–Kier alpha value is -2.35. The maximum Gasteiger partial charge on any atom is 1.00 e. The number of benzene rings is 3. The van der Waals surface area contributed by atoms with Crippen LogP contribution in [0.1, 0.15) is 27.9 Å². The normalized spacial score (nSPS) is 11.2. The van der Waals surface area contributed by atoms with Crippen LogP contribution in [0.3, 0.4) is 0 Å². The van der Waals surface area contributed by atoms with E-state index in [1.807, 2.05) is 18.2 Å². The molecule has 6 nitrogen and oxygen atoms in total. The van der Waals surface area contributed by atoms with Gasteiger partial charge in [0.1, 0.15) is 17.6 Å². The fraction of sp³-hybridized carbons (Fsp3) is 0.231. The van der Waals surface area contributed by atoms with Gasteiger partial charge >= 0.3 is 29.6 Å². The van der Waals surface area contributed by atoms with E-state index in [4.69, 9.17) is 25.8 Å². The zero-order valence-corrected chi connectivity index (χ0v) is 21.9. The smallest absolute Gasteiger partial charge is 0.547 e. The summed E-state index contributed by atoms with van der Waals surface area (Å²) < 4.78 is 16.3. The topological polar surface area (TPSA) is 84.9 Å². The molecule has 3 aromatic rings. The minimum absolute atomic E-state index is 0. The molecule has 0 N–H and O–H groups in total. The Morgan fingerprint density at radius 1 is 0.912 bits per heavy atom. The first-order valence-corrected chi connectivity index (χ1v) is 10.8. The van der Waals surface area contributed by atoms with E-state index in [9.17, 15) is 14.7 Å². The maximum absolute atomic E-state index is 12.4. The van der Waals surface area contributed by atoms with E-state index in [0.29, 0.717) is 52.8 Å². The summed E-state index contributed by atoms with van der Waals surface area (Å²) in [6.07, 6.45) is -0.253. The molecule has 0 fully saturated rings. The van der Waals surface area contributed by atoms with E-state index >= 15 is 0 Å². The van der Waals surface area contributed by atoms with Crippen LogP contribution in [0.4, 0.5) is 0 Å². The van der Waals surface area contributed by atoms with E-state index in [1.54, 1.807) is 54.6 Å². The molecular formula is C26H24ClNaO6. The van der Waals surface area contributed by atoms with Crippen molar-refractivity contribution in [1.29, 1.82) is 0 Å². The molecule has 0 saturated carbocycles. The van der Waals surface area contributed by atoms with Crippen LogP contribution in [-0.2, 0) is 16.0 Å². The summed E-state index contributed by atoms with van der Waals surface area (Å²) in [6, 6.07) is 21.2. The number of ketones is 1. The molecule has 172 valence electrons. The molecule has 34 heavy (non-hydrogen) atoms. The number of carbonyl (C=O) groups is 2. The minimum atomic E-state index is -1.27. The number of hydrogen-bond acceptors (Lipinski definition) is 6. The first kappa shape index (κ1) is 27.9. The second kappa shape index (κ2) is 14.1. The zero-order chi connectivity index (χ0) is 23.6. The number of rotatable bonds is 12. The van der Waals surface area contributed by atoms with Gasteiger partial charge in [-0.2, -0.15) is 0 Å². The Bertz CT molecular complexity index is 1070. The van der Waals surface area contributed by atoms with Gasteiger partial charge in [-0.25, -0.2) is 0 Å². The van der Waals surface area contributed by atoms with Crippen molar-refractivity contribution in [1.82, 2.24) is 0 Å². The van der Waals surface area contributed by atoms with Gasteiger partial charge in [-0.1, -0.05) is 48.0 Å². The third-order valence-corrected chi connectivity index (χ3v) is 5.23. The van der Waals surface area contributed by atoms with Gasteiger partial charge in [-0.05, 0) is 42.0 Å². The van der Waals surface area contributed by atoms with Gasteiger partial charge in [0, 0.05) is 31.1 Å². The van der Waals surface area contributed by atoms with Crippen LogP contribution in [0.5, 0.6) is 11.5 Å². The number of ether oxygens (including phenoxy) is 3. The standard InChI is InChI=1S/C26H25ClO6.Na/c1-31-24(26(29)30)17-18-8-13-23(22(27)16-18)33-15-5-14-32-21-11-9-20(10-12-21)25(28)19-6-3-2-4-7-19;/h2-4,6-13,16,24H,5,14-15,17H2,1H3,(H,29,30);/q;+1/p-1/t24-;/m0./s1. The van der Waals surface area contributed by atoms with E-state index in [1.165, 1.54) is 7.11 Å². The van der Waals surface area contributed by atoms with Crippen molar-refractivity contribution in [2.24, 2.45) is 0 Å². The number of carboxylic acid groups (broad SMARTS) is 1. The fourth-order valence-electron chi connectivity index (χ4n) is 3.16. The summed E-state index contributed by atoms with van der Waals surface area (Å²) in [4.78, 5) is 23.4. The Morgan fingerprint density at radius 2 is 1.56 bits per heavy atom. The summed E-state index contributed by atoms with van der Waals surface area (Å²) in [7, 11) is 1.32. The summed E-state index contributed by atoms with van der Waals surface area (Å²) in [6.45, 7) is 0.826. The predicted octanol–water partition coefficient (Wildman–Crippen LogP) is 0.730. The first-order valence-electron chi connectivity index (χ1n) is 10.5. The molecule has 0 aliphatic carbocycles. The largest absolute Gasteiger partial charge is 1.00 e. The van der Waals surface area contributed by atoms with Crippen LogP contribution in [-0.4, -0.2) is 38.2 Å². The molecule has 3 aromatic carbocycles. The van der Waals surface area contributed by atoms with Crippen molar-refractivity contribution < 1.29 is 58.5 Å². The van der Waals surface area contributed by atoms with Crippen molar-refractivity contribution in [3.63, 3.8) is 0 Å². The summed E-state index contributed by atoms with van der Waals surface area (Å²) >= 11 is 6.24. The Labute approximate surface area is 226 Å². The van der Waals surface area contributed by atoms with Gasteiger partial charge in [-0.15, -0.1) is 0 Å². The molecule has 0 aliphatic heterocycles. The number of carbonyl (C=O) groups excluding carboxylic acids is 2. The van der Waals surface area contributed by atoms with Crippen molar-refractivity contribution in [2.75, 3.05) is 20.3 Å². The Kier molecular flexibility index (Phi) is 11.6. The third-order valence-electron chi connectivity index (χ3n) is 4.93. The van der Waals surface area contributed by atoms with Crippen molar-refractivity contribution in [3.05, 3.63) is 94.5 Å². The van der Waals surface area contributed by atoms with Gasteiger partial charge in [0.05, 0.1) is 24.2 Å². The Morgan fingerprint density at radius 3 is 2.18 bits per heavy atom. The number of aliphatic carboxylic acids is 1. The number of methoxy groups -OCH3 is 1. The quantitative estimate of drug-likeness (QED) is 0.211. The molecule has 0 amide bonds. The van der Waals surface area contributed by atoms with Crippen LogP contribution >= 0.6 is 11.6 Å². The molecule has 0 bridgehead atoms. The maximum atomic E-state index is 12.4. The van der Waals surface area contributed by atoms with Crippen molar-refractivity contribution in [2.45, 2.75) is 18.9 Å². The Balaban J connectivity index is 0.00000408. The van der Waals surface area contributed by atoms with Crippen molar-refractivity contribution in [3.8, 4) is 11.5 Å². The molecule has 0 spiro atoms. The monoisotopic (exact) mass is 490 g/mol. The number of halogens is 1. The number of hydrogen-bond donors (Lipinski definition) is 0. The van der Waals surface area contributed by atoms with E-state index in [-0.39, 0.29) is 41.8 Å². The summed E-state index contributed by atoms with van der Waals surface area (Å²) in [5.74, 6) is -0.128. The second-order valence-electron chi connectivity index (χ2n) is 7.28. The van der Waals surface area contributed by atoms with Crippen LogP contribution in [0, 0.1) is 0 Å². The molecule has 0 radical (unpaired) electrons. The van der Waals surface area contributed by atoms with Crippen LogP contribution in [0.15, 0.2) is 72.8 Å². The van der Waals surface area contributed by atoms with Crippen molar-refractivity contribution >= 4 is 23.4 Å². The molecule has 0 aliphatic rings. The molecule has 0 unspecified atom stereocenters. The molecule has 8 heteroatoms. The molecule has 1 atom stereocenters. The van der Waals surface area contributed by atoms with Crippen LogP contribution < -0.4 is 44.1 Å². The van der Waals surface area contributed by atoms with Crippen LogP contribution in [0.25, 0.3) is 0 Å². The summed E-state index contributed by atoms with van der Waals surface area (Å²) in [5, 5.41) is 11.4. The molecule has 0 saturated heterocycles. The molecule has 3 rings (SSSR count). The van der Waals surface area contributed by atoms with Crippen LogP contribution in [0.2, 0.25) is 5.02 Å². The van der Waals surface area contributed by atoms with Gasteiger partial charge in [0.15, 0.2) is 5.78 Å². The molecule has 0 heterocycles. The second-order valence-corrected chi connectivity index (χ2v) is 7.69. The first-order chi connectivity index (χ1) is 16.0. The SMILES string of the molecule is CO[C@@H](Cc1ccc(OCCCOc2ccc(C(=O)c3ccccc3)cc2)c(Cl)c1)C(=O)[O-].[Na+]. The van der Waals surface area contributed by atoms with Gasteiger partial charge in [-0.3, -0.25) is 4.79 Å². The van der Waals surface area contributed by atoms with Gasteiger partial charge in [0.2, 0.25) is 0 Å². The van der Waals surface area contributed by atoms with E-state index < -0.39 is 12.1 Å². The third kappa shape index (κ3) is 8.15. The minimum Gasteiger partial charge on any atom is -0.547 e. The average molecular weight is 491 g/mol. The average Bonchev–Trinajstić information content (AvgIpc) is 2.83. The van der Waals surface area contributed by atoms with E-state index in [2.05, 4.69) is 0 Å². The van der Waals surface area contributed by atoms with Gasteiger partial charge < -0.3 is 24.1 Å².